The fraction of sp³-hybridized carbons (Fsp3) is 0.333. The van der Waals surface area contributed by atoms with Crippen LogP contribution in [0, 0.1) is 12.7 Å². The summed E-state index contributed by atoms with van der Waals surface area (Å²) in [6.07, 6.45) is 2.72. The Balaban J connectivity index is 1.99. The summed E-state index contributed by atoms with van der Waals surface area (Å²) in [4.78, 5) is 19.8. The third kappa shape index (κ3) is 10.1. The SMILES string of the molecule is CNCCN(CCC(=CCc1cc(C)cc(F)c1)N=C(c1ccccc1)c1ccccc1)C(=O)OC(C)(C)C. The van der Waals surface area contributed by atoms with Crippen LogP contribution < -0.4 is 5.32 Å². The van der Waals surface area contributed by atoms with E-state index in [1.807, 2.05) is 108 Å². The maximum absolute atomic E-state index is 14.1. The molecule has 0 saturated carbocycles. The van der Waals surface area contributed by atoms with Gasteiger partial charge in [0, 0.05) is 42.9 Å². The highest BCUT2D eigenvalue weighted by Gasteiger charge is 2.22. The van der Waals surface area contributed by atoms with Crippen LogP contribution in [0.2, 0.25) is 0 Å². The minimum atomic E-state index is -0.588. The molecule has 206 valence electrons. The summed E-state index contributed by atoms with van der Waals surface area (Å²) < 4.78 is 19.8. The Hall–Kier alpha value is -3.77. The van der Waals surface area contributed by atoms with E-state index >= 15 is 0 Å². The molecule has 5 nitrogen and oxygen atoms in total. The van der Waals surface area contributed by atoms with Gasteiger partial charge < -0.3 is 15.0 Å². The number of likely N-dealkylation sites (N-methyl/N-ethyl adjacent to an activating group) is 1. The van der Waals surface area contributed by atoms with Crippen molar-refractivity contribution < 1.29 is 13.9 Å². The van der Waals surface area contributed by atoms with Crippen LogP contribution >= 0.6 is 0 Å². The van der Waals surface area contributed by atoms with Gasteiger partial charge in [0.2, 0.25) is 0 Å². The highest BCUT2D eigenvalue weighted by Crippen LogP contribution is 2.18. The lowest BCUT2D eigenvalue weighted by Crippen LogP contribution is -2.40. The summed E-state index contributed by atoms with van der Waals surface area (Å²) in [6, 6.07) is 25.2. The van der Waals surface area contributed by atoms with Gasteiger partial charge in [-0.2, -0.15) is 0 Å². The average molecular weight is 530 g/mol. The molecule has 0 spiro atoms. The fourth-order valence-electron chi connectivity index (χ4n) is 4.12. The Morgan fingerprint density at radius 2 is 1.59 bits per heavy atom. The number of allylic oxidation sites excluding steroid dienone is 1. The first-order valence-corrected chi connectivity index (χ1v) is 13.4. The second kappa shape index (κ2) is 14.4. The van der Waals surface area contributed by atoms with Gasteiger partial charge in [0.25, 0.3) is 0 Å². The highest BCUT2D eigenvalue weighted by atomic mass is 19.1. The lowest BCUT2D eigenvalue weighted by Gasteiger charge is -2.27. The zero-order chi connectivity index (χ0) is 28.3. The number of carbonyl (C=O) groups is 1. The molecular formula is C33H40FN3O2. The zero-order valence-electron chi connectivity index (χ0n) is 23.7. The van der Waals surface area contributed by atoms with Gasteiger partial charge in [-0.1, -0.05) is 72.8 Å². The molecule has 3 aromatic rings. The standard InChI is InChI=1S/C33H40FN3O2/c1-25-22-26(24-29(34)23-25)16-17-30(18-20-37(21-19-35-5)32(38)39-33(2,3)4)36-31(27-12-8-6-9-13-27)28-14-10-7-11-15-28/h6-15,17,22-24,35H,16,18-21H2,1-5H3. The number of hydrogen-bond acceptors (Lipinski definition) is 4. The minimum Gasteiger partial charge on any atom is -0.444 e. The predicted molar refractivity (Wildman–Crippen MR) is 158 cm³/mol. The molecule has 0 radical (unpaired) electrons. The summed E-state index contributed by atoms with van der Waals surface area (Å²) in [5.74, 6) is -0.249. The van der Waals surface area contributed by atoms with Crippen molar-refractivity contribution >= 4 is 11.8 Å². The predicted octanol–water partition coefficient (Wildman–Crippen LogP) is 6.94. The molecule has 1 amide bonds. The molecule has 0 aliphatic heterocycles. The van der Waals surface area contributed by atoms with Crippen LogP contribution in [0.5, 0.6) is 0 Å². The van der Waals surface area contributed by atoms with E-state index in [2.05, 4.69) is 5.32 Å². The number of aryl methyl sites for hydroxylation is 1. The second-order valence-electron chi connectivity index (χ2n) is 10.5. The van der Waals surface area contributed by atoms with Gasteiger partial charge in [0.05, 0.1) is 5.71 Å². The number of halogens is 1. The number of carbonyl (C=O) groups excluding carboxylic acids is 1. The van der Waals surface area contributed by atoms with Crippen LogP contribution in [0.15, 0.2) is 95.6 Å². The molecule has 0 heterocycles. The second-order valence-corrected chi connectivity index (χ2v) is 10.5. The van der Waals surface area contributed by atoms with E-state index in [4.69, 9.17) is 9.73 Å². The molecule has 0 aliphatic rings. The summed E-state index contributed by atoms with van der Waals surface area (Å²) in [6.45, 7) is 9.07. The number of nitrogens with zero attached hydrogens (tertiary/aromatic N) is 2. The van der Waals surface area contributed by atoms with Gasteiger partial charge in [0.15, 0.2) is 0 Å². The molecule has 3 aromatic carbocycles. The molecule has 0 unspecified atom stereocenters. The Kier molecular flexibility index (Phi) is 11.0. The summed E-state index contributed by atoms with van der Waals surface area (Å²) in [5, 5.41) is 3.11. The number of amides is 1. The number of rotatable bonds is 11. The third-order valence-corrected chi connectivity index (χ3v) is 5.95. The molecule has 1 N–H and O–H groups in total. The monoisotopic (exact) mass is 529 g/mol. The summed E-state index contributed by atoms with van der Waals surface area (Å²) in [7, 11) is 1.86. The smallest absolute Gasteiger partial charge is 0.410 e. The molecule has 39 heavy (non-hydrogen) atoms. The van der Waals surface area contributed by atoms with Gasteiger partial charge >= 0.3 is 6.09 Å². The van der Waals surface area contributed by atoms with Crippen LogP contribution in [0.3, 0.4) is 0 Å². The van der Waals surface area contributed by atoms with Crippen LogP contribution in [-0.4, -0.2) is 49.0 Å². The van der Waals surface area contributed by atoms with E-state index in [1.165, 1.54) is 6.07 Å². The highest BCUT2D eigenvalue weighted by molar-refractivity contribution is 6.13. The number of benzene rings is 3. The molecule has 0 saturated heterocycles. The molecule has 6 heteroatoms. The van der Waals surface area contributed by atoms with E-state index in [1.54, 1.807) is 11.0 Å². The van der Waals surface area contributed by atoms with Crippen molar-refractivity contribution in [1.82, 2.24) is 10.2 Å². The summed E-state index contributed by atoms with van der Waals surface area (Å²) >= 11 is 0. The van der Waals surface area contributed by atoms with E-state index in [-0.39, 0.29) is 11.9 Å². The van der Waals surface area contributed by atoms with Crippen molar-refractivity contribution in [3.05, 3.63) is 119 Å². The summed E-state index contributed by atoms with van der Waals surface area (Å²) in [5.41, 5.74) is 4.82. The zero-order valence-corrected chi connectivity index (χ0v) is 23.7. The van der Waals surface area contributed by atoms with Gasteiger partial charge in [-0.3, -0.25) is 4.99 Å². The van der Waals surface area contributed by atoms with Gasteiger partial charge in [-0.05, 0) is 64.4 Å². The minimum absolute atomic E-state index is 0.249. The molecule has 3 rings (SSSR count). The first-order chi connectivity index (χ1) is 18.6. The molecule has 0 bridgehead atoms. The van der Waals surface area contributed by atoms with Gasteiger partial charge in [-0.15, -0.1) is 0 Å². The lowest BCUT2D eigenvalue weighted by atomic mass is 10.0. The number of ether oxygens (including phenoxy) is 1. The topological polar surface area (TPSA) is 53.9 Å². The number of aliphatic imine (C=N–C) groups is 1. The maximum Gasteiger partial charge on any atom is 0.410 e. The molecule has 0 aromatic heterocycles. The van der Waals surface area contributed by atoms with Crippen LogP contribution in [0.25, 0.3) is 0 Å². The van der Waals surface area contributed by atoms with Crippen molar-refractivity contribution in [1.29, 1.82) is 0 Å². The van der Waals surface area contributed by atoms with Crippen LogP contribution in [0.4, 0.5) is 9.18 Å². The van der Waals surface area contributed by atoms with E-state index in [0.717, 1.165) is 33.7 Å². The van der Waals surface area contributed by atoms with Gasteiger partial charge in [0.1, 0.15) is 11.4 Å². The molecule has 0 fully saturated rings. The Morgan fingerprint density at radius 1 is 0.974 bits per heavy atom. The maximum atomic E-state index is 14.1. The largest absolute Gasteiger partial charge is 0.444 e. The molecule has 0 atom stereocenters. The molecule has 0 aliphatic carbocycles. The van der Waals surface area contributed by atoms with Crippen molar-refractivity contribution in [2.24, 2.45) is 4.99 Å². The Bertz CT molecular complexity index is 1200. The Labute approximate surface area is 232 Å². The fourth-order valence-corrected chi connectivity index (χ4v) is 4.12. The van der Waals surface area contributed by atoms with E-state index < -0.39 is 5.60 Å². The van der Waals surface area contributed by atoms with E-state index in [0.29, 0.717) is 32.5 Å². The average Bonchev–Trinajstić information content (AvgIpc) is 2.89. The first kappa shape index (κ1) is 29.8. The first-order valence-electron chi connectivity index (χ1n) is 13.4. The van der Waals surface area contributed by atoms with Crippen LogP contribution in [-0.2, 0) is 11.2 Å². The van der Waals surface area contributed by atoms with Crippen molar-refractivity contribution in [3.63, 3.8) is 0 Å². The van der Waals surface area contributed by atoms with Crippen molar-refractivity contribution in [3.8, 4) is 0 Å². The normalized spacial score (nSPS) is 11.7. The van der Waals surface area contributed by atoms with Crippen molar-refractivity contribution in [2.45, 2.75) is 46.1 Å². The molecular weight excluding hydrogens is 489 g/mol. The van der Waals surface area contributed by atoms with Crippen molar-refractivity contribution in [2.75, 3.05) is 26.7 Å². The third-order valence-electron chi connectivity index (χ3n) is 5.95. The number of hydrogen-bond donors (Lipinski definition) is 1. The Morgan fingerprint density at radius 3 is 2.13 bits per heavy atom. The lowest BCUT2D eigenvalue weighted by molar-refractivity contribution is 0.0254. The van der Waals surface area contributed by atoms with Gasteiger partial charge in [-0.25, -0.2) is 9.18 Å². The van der Waals surface area contributed by atoms with Crippen LogP contribution in [0.1, 0.15) is 49.4 Å². The van der Waals surface area contributed by atoms with E-state index in [9.17, 15) is 9.18 Å². The number of nitrogens with one attached hydrogen (secondary N) is 1. The quantitative estimate of drug-likeness (QED) is 0.274.